The quantitative estimate of drug-likeness (QED) is 0.490. The van der Waals surface area contributed by atoms with Crippen LogP contribution in [0.15, 0.2) is 17.1 Å². The summed E-state index contributed by atoms with van der Waals surface area (Å²) in [6.45, 7) is 0. The number of aromatic amines is 1. The van der Waals surface area contributed by atoms with E-state index in [1.165, 1.54) is 6.20 Å². The number of H-pyrrole nitrogens is 1. The van der Waals surface area contributed by atoms with Gasteiger partial charge in [0.15, 0.2) is 0 Å². The van der Waals surface area contributed by atoms with Gasteiger partial charge in [-0.25, -0.2) is 0 Å². The zero-order chi connectivity index (χ0) is 8.43. The highest BCUT2D eigenvalue weighted by molar-refractivity contribution is 7.71. The van der Waals surface area contributed by atoms with Crippen LogP contribution in [-0.2, 0) is 4.57 Å². The summed E-state index contributed by atoms with van der Waals surface area (Å²) in [5.41, 5.74) is -0.648. The summed E-state index contributed by atoms with van der Waals surface area (Å²) in [6.07, 6.45) is 1.29. The van der Waals surface area contributed by atoms with Gasteiger partial charge in [-0.2, -0.15) is 0 Å². The van der Waals surface area contributed by atoms with E-state index >= 15 is 0 Å². The first-order valence-corrected chi connectivity index (χ1v) is 4.12. The summed E-state index contributed by atoms with van der Waals surface area (Å²) in [5, 5.41) is 0. The number of rotatable bonds is 1. The van der Waals surface area contributed by atoms with Crippen LogP contribution in [0.25, 0.3) is 0 Å². The van der Waals surface area contributed by atoms with E-state index in [1.807, 2.05) is 0 Å². The molecule has 7 heteroatoms. The lowest BCUT2D eigenvalue weighted by Crippen LogP contribution is -2.18. The zero-order valence-corrected chi connectivity index (χ0v) is 6.89. The van der Waals surface area contributed by atoms with Crippen LogP contribution < -0.4 is 10.5 Å². The standard InChI is InChI=1S/C4H3N2O3PS/c7-3-1-2-5-4(11)6(3)10(8)9/h1-2H,(H,5,11). The van der Waals surface area contributed by atoms with Crippen molar-refractivity contribution in [3.63, 3.8) is 0 Å². The number of nitrogens with zero attached hydrogens (tertiary/aromatic N) is 1. The molecule has 0 radical (unpaired) electrons. The monoisotopic (exact) mass is 190 g/mol. The van der Waals surface area contributed by atoms with Gasteiger partial charge in [-0.1, -0.05) is 4.34 Å². The highest BCUT2D eigenvalue weighted by atomic mass is 32.1. The molecule has 0 amide bonds. The summed E-state index contributed by atoms with van der Waals surface area (Å²) >= 11 is 4.54. The predicted molar refractivity (Wildman–Crippen MR) is 38.9 cm³/mol. The largest absolute Gasteiger partial charge is 0.572 e. The summed E-state index contributed by atoms with van der Waals surface area (Å²) in [4.78, 5) is 23.5. The summed E-state index contributed by atoms with van der Waals surface area (Å²) in [7, 11) is -2.97. The van der Waals surface area contributed by atoms with Crippen LogP contribution in [0.1, 0.15) is 0 Å². The molecule has 0 aliphatic heterocycles. The van der Waals surface area contributed by atoms with E-state index in [-0.39, 0.29) is 4.77 Å². The van der Waals surface area contributed by atoms with E-state index in [0.29, 0.717) is 4.34 Å². The van der Waals surface area contributed by atoms with Crippen LogP contribution in [0.5, 0.6) is 0 Å². The highest BCUT2D eigenvalue weighted by Gasteiger charge is 2.08. The fourth-order valence-corrected chi connectivity index (χ4v) is 1.36. The number of hydrogen-bond acceptors (Lipinski definition) is 4. The van der Waals surface area contributed by atoms with E-state index in [4.69, 9.17) is 0 Å². The van der Waals surface area contributed by atoms with Crippen LogP contribution in [0.4, 0.5) is 0 Å². The molecule has 0 saturated heterocycles. The van der Waals surface area contributed by atoms with Crippen LogP contribution in [0.2, 0.25) is 0 Å². The molecule has 0 aromatic carbocycles. The number of aromatic nitrogens is 2. The number of hydrogen-bond donors (Lipinski definition) is 1. The number of nitrogens with one attached hydrogen (secondary N) is 1. The fraction of sp³-hybridized carbons (Fsp3) is 0. The molecule has 1 N–H and O–H groups in total. The second-order valence-corrected chi connectivity index (χ2v) is 2.93. The summed E-state index contributed by atoms with van der Waals surface area (Å²) < 4.78 is 10.7. The second-order valence-electron chi connectivity index (χ2n) is 1.67. The van der Waals surface area contributed by atoms with Crippen molar-refractivity contribution in [2.75, 3.05) is 0 Å². The van der Waals surface area contributed by atoms with E-state index in [0.717, 1.165) is 6.07 Å². The SMILES string of the molecule is O=c1cc[nH]c(=S)n1[P+](=O)[O-]. The lowest BCUT2D eigenvalue weighted by atomic mass is 10.7. The topological polar surface area (TPSA) is 77.9 Å². The van der Waals surface area contributed by atoms with Crippen molar-refractivity contribution < 1.29 is 9.46 Å². The highest BCUT2D eigenvalue weighted by Crippen LogP contribution is 2.06. The van der Waals surface area contributed by atoms with Gasteiger partial charge in [0.1, 0.15) is 0 Å². The Balaban J connectivity index is 3.58. The summed E-state index contributed by atoms with van der Waals surface area (Å²) in [5.74, 6) is 0. The molecule has 0 spiro atoms. The van der Waals surface area contributed by atoms with Gasteiger partial charge in [-0.05, 0) is 16.8 Å². The molecule has 11 heavy (non-hydrogen) atoms. The van der Waals surface area contributed by atoms with Crippen LogP contribution in [0.3, 0.4) is 0 Å². The first kappa shape index (κ1) is 8.26. The fourth-order valence-electron chi connectivity index (χ4n) is 0.571. The predicted octanol–water partition coefficient (Wildman–Crippen LogP) is -0.228. The maximum atomic E-state index is 10.8. The Morgan fingerprint density at radius 1 is 1.73 bits per heavy atom. The molecule has 1 aromatic heterocycles. The Kier molecular flexibility index (Phi) is 2.28. The molecular weight excluding hydrogens is 187 g/mol. The Bertz CT molecular complexity index is 367. The molecule has 5 nitrogen and oxygen atoms in total. The van der Waals surface area contributed by atoms with Crippen molar-refractivity contribution in [1.29, 1.82) is 0 Å². The van der Waals surface area contributed by atoms with Crippen molar-refractivity contribution >= 4 is 20.4 Å². The van der Waals surface area contributed by atoms with E-state index in [2.05, 4.69) is 17.2 Å². The Hall–Kier alpha value is -0.840. The molecule has 1 rings (SSSR count). The normalized spacial score (nSPS) is 11.2. The molecule has 0 aliphatic rings. The van der Waals surface area contributed by atoms with E-state index < -0.39 is 13.7 Å². The lowest BCUT2D eigenvalue weighted by molar-refractivity contribution is -0.167. The molecular formula is C4H3N2O3PS. The lowest BCUT2D eigenvalue weighted by Gasteiger charge is -1.90. The van der Waals surface area contributed by atoms with Crippen molar-refractivity contribution in [2.45, 2.75) is 0 Å². The average molecular weight is 190 g/mol. The van der Waals surface area contributed by atoms with Gasteiger partial charge in [0, 0.05) is 12.3 Å². The van der Waals surface area contributed by atoms with Crippen molar-refractivity contribution in [3.05, 3.63) is 27.4 Å². The molecule has 1 aromatic rings. The third kappa shape index (κ3) is 1.59. The van der Waals surface area contributed by atoms with Crippen molar-refractivity contribution in [3.8, 4) is 0 Å². The zero-order valence-electron chi connectivity index (χ0n) is 5.18. The minimum absolute atomic E-state index is 0.117. The minimum Gasteiger partial charge on any atom is -0.572 e. The Morgan fingerprint density at radius 3 is 2.73 bits per heavy atom. The van der Waals surface area contributed by atoms with Gasteiger partial charge in [-0.15, -0.1) is 0 Å². The summed E-state index contributed by atoms with van der Waals surface area (Å²) in [6, 6.07) is 1.08. The third-order valence-electron chi connectivity index (χ3n) is 0.997. The van der Waals surface area contributed by atoms with Crippen molar-refractivity contribution in [2.24, 2.45) is 0 Å². The van der Waals surface area contributed by atoms with Gasteiger partial charge in [-0.3, -0.25) is 4.79 Å². The van der Waals surface area contributed by atoms with Gasteiger partial charge in [0.25, 0.3) is 5.56 Å². The van der Waals surface area contributed by atoms with Crippen LogP contribution >= 0.6 is 20.4 Å². The van der Waals surface area contributed by atoms with E-state index in [1.54, 1.807) is 0 Å². The minimum atomic E-state index is -2.97. The van der Waals surface area contributed by atoms with Gasteiger partial charge in [0.05, 0.1) is 0 Å². The maximum Gasteiger partial charge on any atom is 0.450 e. The Morgan fingerprint density at radius 2 is 2.36 bits per heavy atom. The second kappa shape index (κ2) is 3.04. The smallest absolute Gasteiger partial charge is 0.450 e. The van der Waals surface area contributed by atoms with Crippen molar-refractivity contribution in [1.82, 2.24) is 9.32 Å². The third-order valence-corrected chi connectivity index (χ3v) is 2.16. The molecule has 0 aliphatic carbocycles. The van der Waals surface area contributed by atoms with Gasteiger partial charge >= 0.3 is 8.18 Å². The molecule has 0 saturated carbocycles. The van der Waals surface area contributed by atoms with Crippen LogP contribution in [0, 0.1) is 4.77 Å². The molecule has 1 unspecified atom stereocenters. The first-order valence-electron chi connectivity index (χ1n) is 2.58. The molecule has 1 atom stereocenters. The Labute approximate surface area is 67.2 Å². The molecule has 0 fully saturated rings. The maximum absolute atomic E-state index is 10.8. The molecule has 58 valence electrons. The average Bonchev–Trinajstić information content (AvgIpc) is 1.85. The molecule has 1 heterocycles. The molecule has 0 bridgehead atoms. The van der Waals surface area contributed by atoms with Gasteiger partial charge < -0.3 is 9.88 Å². The first-order chi connectivity index (χ1) is 5.13. The van der Waals surface area contributed by atoms with E-state index in [9.17, 15) is 14.3 Å². The van der Waals surface area contributed by atoms with Crippen LogP contribution in [-0.4, -0.2) is 9.32 Å². The van der Waals surface area contributed by atoms with Gasteiger partial charge in [0.2, 0.25) is 4.77 Å².